The Morgan fingerprint density at radius 1 is 0.913 bits per heavy atom. The topological polar surface area (TPSA) is 25.8 Å². The Hall–Kier alpha value is -1.62. The zero-order valence-electron chi connectivity index (χ0n) is 11.8. The molecule has 0 spiro atoms. The van der Waals surface area contributed by atoms with E-state index in [0.717, 1.165) is 11.3 Å². The molecule has 2 aromatic carbocycles. The molecule has 0 aliphatic carbocycles. The third kappa shape index (κ3) is 4.02. The van der Waals surface area contributed by atoms with Crippen molar-refractivity contribution in [3.8, 4) is 11.3 Å². The molecule has 2 nitrogen and oxygen atoms in total. The van der Waals surface area contributed by atoms with Gasteiger partial charge in [-0.3, -0.25) is 0 Å². The first-order chi connectivity index (χ1) is 11.1. The molecule has 1 aromatic heterocycles. The number of benzene rings is 2. The van der Waals surface area contributed by atoms with Crippen molar-refractivity contribution in [1.82, 2.24) is 10.2 Å². The van der Waals surface area contributed by atoms with Gasteiger partial charge >= 0.3 is 0 Å². The number of hydrogen-bond donors (Lipinski definition) is 0. The molecule has 0 saturated heterocycles. The summed E-state index contributed by atoms with van der Waals surface area (Å²) < 4.78 is 13.7. The fraction of sp³-hybridized carbons (Fsp3) is 0.0588. The van der Waals surface area contributed by atoms with E-state index in [4.69, 9.17) is 23.2 Å². The van der Waals surface area contributed by atoms with Crippen LogP contribution in [0.3, 0.4) is 0 Å². The van der Waals surface area contributed by atoms with Crippen LogP contribution in [0.5, 0.6) is 0 Å². The van der Waals surface area contributed by atoms with Gasteiger partial charge in [0.15, 0.2) is 0 Å². The molecule has 23 heavy (non-hydrogen) atoms. The molecule has 0 N–H and O–H groups in total. The standard InChI is InChI=1S/C17H11Cl2FN2S/c18-12-6-4-11(5-7-12)16-8-9-17(22-21-16)23-10-13-14(19)2-1-3-15(13)20/h1-9H,10H2. The Kier molecular flexibility index (Phi) is 5.16. The molecule has 6 heteroatoms. The summed E-state index contributed by atoms with van der Waals surface area (Å²) in [5.41, 5.74) is 2.17. The van der Waals surface area contributed by atoms with E-state index in [1.165, 1.54) is 17.8 Å². The monoisotopic (exact) mass is 364 g/mol. The molecule has 0 radical (unpaired) electrons. The van der Waals surface area contributed by atoms with Crippen molar-refractivity contribution in [1.29, 1.82) is 0 Å². The lowest BCUT2D eigenvalue weighted by Crippen LogP contribution is -1.92. The highest BCUT2D eigenvalue weighted by atomic mass is 35.5. The van der Waals surface area contributed by atoms with Gasteiger partial charge in [-0.2, -0.15) is 0 Å². The first-order valence-electron chi connectivity index (χ1n) is 6.79. The summed E-state index contributed by atoms with van der Waals surface area (Å²) in [6, 6.07) is 15.8. The number of hydrogen-bond acceptors (Lipinski definition) is 3. The quantitative estimate of drug-likeness (QED) is 0.540. The van der Waals surface area contributed by atoms with Gasteiger partial charge in [-0.1, -0.05) is 53.2 Å². The first-order valence-corrected chi connectivity index (χ1v) is 8.53. The van der Waals surface area contributed by atoms with Crippen LogP contribution in [0, 0.1) is 5.82 Å². The lowest BCUT2D eigenvalue weighted by Gasteiger charge is -2.05. The minimum atomic E-state index is -0.309. The lowest BCUT2D eigenvalue weighted by atomic mass is 10.1. The molecule has 3 aromatic rings. The maximum atomic E-state index is 13.7. The van der Waals surface area contributed by atoms with Crippen molar-refractivity contribution in [2.24, 2.45) is 0 Å². The van der Waals surface area contributed by atoms with Crippen LogP contribution in [-0.4, -0.2) is 10.2 Å². The van der Waals surface area contributed by atoms with E-state index in [1.807, 2.05) is 24.3 Å². The predicted octanol–water partition coefficient (Wildman–Crippen LogP) is 5.88. The van der Waals surface area contributed by atoms with E-state index in [-0.39, 0.29) is 5.82 Å². The molecule has 0 aliphatic heterocycles. The van der Waals surface area contributed by atoms with Crippen LogP contribution in [-0.2, 0) is 5.75 Å². The molecule has 1 heterocycles. The highest BCUT2D eigenvalue weighted by molar-refractivity contribution is 7.98. The first kappa shape index (κ1) is 16.2. The number of rotatable bonds is 4. The maximum Gasteiger partial charge on any atom is 0.128 e. The molecule has 0 fully saturated rings. The molecule has 0 aliphatic rings. The van der Waals surface area contributed by atoms with Crippen molar-refractivity contribution in [2.75, 3.05) is 0 Å². The van der Waals surface area contributed by atoms with Crippen LogP contribution in [0.1, 0.15) is 5.56 Å². The van der Waals surface area contributed by atoms with E-state index in [1.54, 1.807) is 24.3 Å². The van der Waals surface area contributed by atoms with Gasteiger partial charge in [0.1, 0.15) is 10.8 Å². The fourth-order valence-electron chi connectivity index (χ4n) is 1.99. The minimum Gasteiger partial charge on any atom is -0.207 e. The smallest absolute Gasteiger partial charge is 0.128 e. The van der Waals surface area contributed by atoms with Gasteiger partial charge in [0.05, 0.1) is 5.69 Å². The summed E-state index contributed by atoms with van der Waals surface area (Å²) in [4.78, 5) is 0. The van der Waals surface area contributed by atoms with E-state index in [2.05, 4.69) is 10.2 Å². The van der Waals surface area contributed by atoms with Gasteiger partial charge < -0.3 is 0 Å². The summed E-state index contributed by atoms with van der Waals surface area (Å²) in [7, 11) is 0. The summed E-state index contributed by atoms with van der Waals surface area (Å²) in [6.45, 7) is 0. The van der Waals surface area contributed by atoms with Gasteiger partial charge in [0, 0.05) is 26.9 Å². The van der Waals surface area contributed by atoms with E-state index in [0.29, 0.717) is 26.4 Å². The second kappa shape index (κ2) is 7.30. The summed E-state index contributed by atoms with van der Waals surface area (Å²) in [5, 5.41) is 10.2. The molecule has 0 amide bonds. The molecule has 0 atom stereocenters. The van der Waals surface area contributed by atoms with E-state index < -0.39 is 0 Å². The molecule has 116 valence electrons. The summed E-state index contributed by atoms with van der Waals surface area (Å²) >= 11 is 13.3. The van der Waals surface area contributed by atoms with Gasteiger partial charge in [-0.25, -0.2) is 4.39 Å². The van der Waals surface area contributed by atoms with Crippen molar-refractivity contribution in [3.63, 3.8) is 0 Å². The van der Waals surface area contributed by atoms with Crippen LogP contribution in [0.4, 0.5) is 4.39 Å². The van der Waals surface area contributed by atoms with Gasteiger partial charge in [-0.05, 0) is 36.4 Å². The van der Waals surface area contributed by atoms with Crippen LogP contribution in [0.25, 0.3) is 11.3 Å². The Morgan fingerprint density at radius 3 is 2.35 bits per heavy atom. The van der Waals surface area contributed by atoms with Crippen LogP contribution in [0.15, 0.2) is 59.6 Å². The number of aromatic nitrogens is 2. The second-order valence-corrected chi connectivity index (χ2v) is 6.59. The van der Waals surface area contributed by atoms with Crippen LogP contribution >= 0.6 is 35.0 Å². The van der Waals surface area contributed by atoms with Gasteiger partial charge in [0.2, 0.25) is 0 Å². The van der Waals surface area contributed by atoms with Crippen molar-refractivity contribution >= 4 is 35.0 Å². The van der Waals surface area contributed by atoms with Crippen molar-refractivity contribution in [3.05, 3.63) is 76.0 Å². The highest BCUT2D eigenvalue weighted by Gasteiger charge is 2.08. The summed E-state index contributed by atoms with van der Waals surface area (Å²) in [5.74, 6) is 0.0938. The lowest BCUT2D eigenvalue weighted by molar-refractivity contribution is 0.617. The van der Waals surface area contributed by atoms with Crippen LogP contribution < -0.4 is 0 Å². The van der Waals surface area contributed by atoms with E-state index >= 15 is 0 Å². The molecule has 0 unspecified atom stereocenters. The summed E-state index contributed by atoms with van der Waals surface area (Å²) in [6.07, 6.45) is 0. The van der Waals surface area contributed by atoms with Crippen molar-refractivity contribution in [2.45, 2.75) is 10.8 Å². The minimum absolute atomic E-state index is 0.309. The third-order valence-electron chi connectivity index (χ3n) is 3.21. The normalized spacial score (nSPS) is 10.7. The van der Waals surface area contributed by atoms with Crippen molar-refractivity contribution < 1.29 is 4.39 Å². The number of halogens is 3. The Bertz CT molecular complexity index is 788. The van der Waals surface area contributed by atoms with Gasteiger partial charge in [0.25, 0.3) is 0 Å². The van der Waals surface area contributed by atoms with E-state index in [9.17, 15) is 4.39 Å². The molecule has 3 rings (SSSR count). The average molecular weight is 365 g/mol. The average Bonchev–Trinajstić information content (AvgIpc) is 2.56. The Morgan fingerprint density at radius 2 is 1.70 bits per heavy atom. The molecule has 0 saturated carbocycles. The molecular formula is C17H11Cl2FN2S. The molecule has 0 bridgehead atoms. The zero-order valence-corrected chi connectivity index (χ0v) is 14.2. The Labute approximate surface area is 147 Å². The van der Waals surface area contributed by atoms with Gasteiger partial charge in [-0.15, -0.1) is 10.2 Å². The third-order valence-corrected chi connectivity index (χ3v) is 4.76. The fourth-order valence-corrected chi connectivity index (χ4v) is 3.27. The SMILES string of the molecule is Fc1cccc(Cl)c1CSc1ccc(-c2ccc(Cl)cc2)nn1. The second-order valence-electron chi connectivity index (χ2n) is 4.75. The predicted molar refractivity (Wildman–Crippen MR) is 93.4 cm³/mol. The zero-order chi connectivity index (χ0) is 16.2. The van der Waals surface area contributed by atoms with Crippen LogP contribution in [0.2, 0.25) is 10.0 Å². The highest BCUT2D eigenvalue weighted by Crippen LogP contribution is 2.28. The Balaban J connectivity index is 1.72. The number of nitrogens with zero attached hydrogens (tertiary/aromatic N) is 2. The maximum absolute atomic E-state index is 13.7. The number of thioether (sulfide) groups is 1. The molecular weight excluding hydrogens is 354 g/mol. The largest absolute Gasteiger partial charge is 0.207 e.